The Balaban J connectivity index is 1.56. The molecule has 2 aliphatic heterocycles. The molecule has 8 heteroatoms. The number of nitrogens with one attached hydrogen (secondary N) is 1. The minimum absolute atomic E-state index is 0.0302. The van der Waals surface area contributed by atoms with Crippen LogP contribution >= 0.6 is 23.2 Å². The van der Waals surface area contributed by atoms with E-state index in [0.29, 0.717) is 49.7 Å². The molecule has 3 heterocycles. The van der Waals surface area contributed by atoms with E-state index in [9.17, 15) is 9.59 Å². The first-order valence-electron chi connectivity index (χ1n) is 8.62. The zero-order valence-corrected chi connectivity index (χ0v) is 15.9. The number of rotatable bonds is 2. The lowest BCUT2D eigenvalue weighted by atomic mass is 9.94. The van der Waals surface area contributed by atoms with Crippen molar-refractivity contribution in [1.82, 2.24) is 14.8 Å². The summed E-state index contributed by atoms with van der Waals surface area (Å²) in [7, 11) is 0. The number of nitrogens with zero attached hydrogens (tertiary/aromatic N) is 2. The van der Waals surface area contributed by atoms with E-state index in [1.807, 2.05) is 18.7 Å². The number of hydrogen-bond acceptors (Lipinski definition) is 3. The van der Waals surface area contributed by atoms with Gasteiger partial charge in [0.15, 0.2) is 0 Å². The molecule has 0 aromatic carbocycles. The van der Waals surface area contributed by atoms with E-state index in [0.717, 1.165) is 0 Å². The monoisotopic (exact) mass is 387 g/mol. The van der Waals surface area contributed by atoms with Gasteiger partial charge in [0, 0.05) is 32.1 Å². The molecule has 1 aromatic rings. The predicted molar refractivity (Wildman–Crippen MR) is 96.0 cm³/mol. The fourth-order valence-electron chi connectivity index (χ4n) is 3.64. The molecule has 6 nitrogen and oxygen atoms in total. The number of likely N-dealkylation sites (tertiary alicyclic amines) is 1. The summed E-state index contributed by atoms with van der Waals surface area (Å²) in [5.41, 5.74) is 0.385. The van der Waals surface area contributed by atoms with E-state index >= 15 is 0 Å². The number of halogens is 2. The molecule has 1 aromatic heterocycles. The smallest absolute Gasteiger partial charge is 0.270 e. The standard InChI is InChI=1S/C17H23Cl2N3O3/c1-10-8-22(9-11(2)25-10)16(23)12-3-5-21(6-4-12)17(24)14-7-13(18)15(19)20-14/h7,10-12,20H,3-6,8-9H2,1-2H3. The second kappa shape index (κ2) is 7.56. The number of piperidine rings is 1. The summed E-state index contributed by atoms with van der Waals surface area (Å²) in [5.74, 6) is 0.0192. The lowest BCUT2D eigenvalue weighted by molar-refractivity contribution is -0.148. The molecular weight excluding hydrogens is 365 g/mol. The molecule has 2 aliphatic rings. The molecule has 25 heavy (non-hydrogen) atoms. The summed E-state index contributed by atoms with van der Waals surface area (Å²) in [6.07, 6.45) is 1.48. The predicted octanol–water partition coefficient (Wildman–Crippen LogP) is 2.81. The Morgan fingerprint density at radius 1 is 1.12 bits per heavy atom. The Kier molecular flexibility index (Phi) is 5.61. The van der Waals surface area contributed by atoms with Gasteiger partial charge in [-0.05, 0) is 32.8 Å². The van der Waals surface area contributed by atoms with Crippen molar-refractivity contribution >= 4 is 35.0 Å². The third-order valence-electron chi connectivity index (χ3n) is 4.82. The largest absolute Gasteiger partial charge is 0.372 e. The number of aromatic nitrogens is 1. The summed E-state index contributed by atoms with van der Waals surface area (Å²) in [6, 6.07) is 1.54. The van der Waals surface area contributed by atoms with Gasteiger partial charge in [-0.1, -0.05) is 23.2 Å². The molecule has 0 spiro atoms. The first kappa shape index (κ1) is 18.5. The van der Waals surface area contributed by atoms with Gasteiger partial charge in [-0.3, -0.25) is 9.59 Å². The van der Waals surface area contributed by atoms with Crippen molar-refractivity contribution in [1.29, 1.82) is 0 Å². The summed E-state index contributed by atoms with van der Waals surface area (Å²) < 4.78 is 5.69. The van der Waals surface area contributed by atoms with Gasteiger partial charge in [0.25, 0.3) is 5.91 Å². The van der Waals surface area contributed by atoms with Crippen molar-refractivity contribution in [2.45, 2.75) is 38.9 Å². The van der Waals surface area contributed by atoms with Crippen LogP contribution in [0.3, 0.4) is 0 Å². The van der Waals surface area contributed by atoms with Gasteiger partial charge in [0.05, 0.1) is 17.2 Å². The molecule has 2 fully saturated rings. The van der Waals surface area contributed by atoms with E-state index in [4.69, 9.17) is 27.9 Å². The van der Waals surface area contributed by atoms with Crippen LogP contribution in [0.25, 0.3) is 0 Å². The number of morpholine rings is 1. The summed E-state index contributed by atoms with van der Waals surface area (Å²) in [5, 5.41) is 0.608. The number of carbonyl (C=O) groups is 2. The fourth-order valence-corrected chi connectivity index (χ4v) is 3.95. The number of aromatic amines is 1. The topological polar surface area (TPSA) is 65.6 Å². The van der Waals surface area contributed by atoms with Crippen molar-refractivity contribution in [2.75, 3.05) is 26.2 Å². The van der Waals surface area contributed by atoms with Crippen LogP contribution in [0.2, 0.25) is 10.2 Å². The Hall–Kier alpha value is -1.24. The van der Waals surface area contributed by atoms with Gasteiger partial charge in [0.1, 0.15) is 10.8 Å². The maximum Gasteiger partial charge on any atom is 0.270 e. The Labute approximate surface area is 157 Å². The quantitative estimate of drug-likeness (QED) is 0.848. The van der Waals surface area contributed by atoms with Crippen LogP contribution in [0.4, 0.5) is 0 Å². The van der Waals surface area contributed by atoms with E-state index in [2.05, 4.69) is 4.98 Å². The number of hydrogen-bond donors (Lipinski definition) is 1. The van der Waals surface area contributed by atoms with Crippen LogP contribution in [0.5, 0.6) is 0 Å². The maximum absolute atomic E-state index is 12.8. The second-order valence-electron chi connectivity index (χ2n) is 6.91. The molecule has 138 valence electrons. The Morgan fingerprint density at radius 3 is 2.24 bits per heavy atom. The van der Waals surface area contributed by atoms with Crippen molar-refractivity contribution in [3.8, 4) is 0 Å². The van der Waals surface area contributed by atoms with Gasteiger partial charge in [-0.25, -0.2) is 0 Å². The highest BCUT2D eigenvalue weighted by Gasteiger charge is 2.34. The van der Waals surface area contributed by atoms with E-state index in [1.165, 1.54) is 0 Å². The Morgan fingerprint density at radius 2 is 1.72 bits per heavy atom. The molecule has 0 aliphatic carbocycles. The zero-order chi connectivity index (χ0) is 18.1. The highest BCUT2D eigenvalue weighted by atomic mass is 35.5. The first-order chi connectivity index (χ1) is 11.8. The maximum atomic E-state index is 12.8. The SMILES string of the molecule is CC1CN(C(=O)C2CCN(C(=O)c3cc(Cl)c(Cl)[nH]3)CC2)CC(C)O1. The van der Waals surface area contributed by atoms with Crippen LogP contribution in [-0.4, -0.2) is 65.0 Å². The molecule has 2 saturated heterocycles. The second-order valence-corrected chi connectivity index (χ2v) is 7.70. The van der Waals surface area contributed by atoms with Gasteiger partial charge in [-0.15, -0.1) is 0 Å². The highest BCUT2D eigenvalue weighted by molar-refractivity contribution is 6.41. The third kappa shape index (κ3) is 4.13. The minimum atomic E-state index is -0.131. The van der Waals surface area contributed by atoms with Crippen LogP contribution in [0.15, 0.2) is 6.07 Å². The van der Waals surface area contributed by atoms with Gasteiger partial charge >= 0.3 is 0 Å². The van der Waals surface area contributed by atoms with Gasteiger partial charge < -0.3 is 19.5 Å². The molecule has 1 N–H and O–H groups in total. The van der Waals surface area contributed by atoms with Crippen molar-refractivity contribution in [2.24, 2.45) is 5.92 Å². The molecule has 3 rings (SSSR count). The number of carbonyl (C=O) groups excluding carboxylic acids is 2. The lowest BCUT2D eigenvalue weighted by Gasteiger charge is -2.39. The van der Waals surface area contributed by atoms with E-state index in [-0.39, 0.29) is 35.1 Å². The highest BCUT2D eigenvalue weighted by Crippen LogP contribution is 2.26. The zero-order valence-electron chi connectivity index (χ0n) is 14.4. The lowest BCUT2D eigenvalue weighted by Crippen LogP contribution is -2.51. The molecule has 2 amide bonds. The Bertz CT molecular complexity index is 626. The van der Waals surface area contributed by atoms with E-state index in [1.54, 1.807) is 11.0 Å². The van der Waals surface area contributed by atoms with Crippen LogP contribution in [0.1, 0.15) is 37.2 Å². The first-order valence-corrected chi connectivity index (χ1v) is 9.38. The normalized spacial score (nSPS) is 25.3. The molecule has 2 unspecified atom stereocenters. The van der Waals surface area contributed by atoms with Crippen molar-refractivity contribution in [3.05, 3.63) is 21.9 Å². The number of ether oxygens (including phenoxy) is 1. The van der Waals surface area contributed by atoms with Crippen molar-refractivity contribution in [3.63, 3.8) is 0 Å². The third-order valence-corrected chi connectivity index (χ3v) is 5.51. The van der Waals surface area contributed by atoms with Crippen LogP contribution < -0.4 is 0 Å². The van der Waals surface area contributed by atoms with Crippen LogP contribution in [-0.2, 0) is 9.53 Å². The van der Waals surface area contributed by atoms with Gasteiger partial charge in [-0.2, -0.15) is 0 Å². The van der Waals surface area contributed by atoms with Crippen molar-refractivity contribution < 1.29 is 14.3 Å². The van der Waals surface area contributed by atoms with E-state index < -0.39 is 0 Å². The molecule has 0 radical (unpaired) electrons. The molecule has 0 bridgehead atoms. The molecular formula is C17H23Cl2N3O3. The molecule has 2 atom stereocenters. The van der Waals surface area contributed by atoms with Crippen LogP contribution in [0, 0.1) is 5.92 Å². The number of amides is 2. The fraction of sp³-hybridized carbons (Fsp3) is 0.647. The summed E-state index contributed by atoms with van der Waals surface area (Å²) >= 11 is 11.8. The summed E-state index contributed by atoms with van der Waals surface area (Å²) in [6.45, 7) is 6.37. The molecule has 0 saturated carbocycles. The minimum Gasteiger partial charge on any atom is -0.372 e. The number of H-pyrrole nitrogens is 1. The van der Waals surface area contributed by atoms with Gasteiger partial charge in [0.2, 0.25) is 5.91 Å². The summed E-state index contributed by atoms with van der Waals surface area (Å²) in [4.78, 5) is 31.7. The average Bonchev–Trinajstić information content (AvgIpc) is 2.92. The average molecular weight is 388 g/mol.